The highest BCUT2D eigenvalue weighted by molar-refractivity contribution is 5.77. The van der Waals surface area contributed by atoms with Crippen molar-refractivity contribution in [1.29, 1.82) is 0 Å². The summed E-state index contributed by atoms with van der Waals surface area (Å²) in [4.78, 5) is 13.4. The maximum absolute atomic E-state index is 12.8. The maximum Gasteiger partial charge on any atom is 0.378 e. The van der Waals surface area contributed by atoms with Crippen LogP contribution in [0.3, 0.4) is 0 Å². The fraction of sp³-hybridized carbons (Fsp3) is 0.900. The number of halogens is 3. The molecule has 0 aliphatic rings. The SMILES string of the molecule is CCCCCCCOC(=O)C(F)(CF)OF. The third-order valence-corrected chi connectivity index (χ3v) is 2.08. The molecular weight excluding hydrogens is 225 g/mol. The van der Waals surface area contributed by atoms with E-state index in [9.17, 15) is 18.1 Å². The van der Waals surface area contributed by atoms with Gasteiger partial charge in [0, 0.05) is 0 Å². The molecule has 0 rings (SSSR count). The van der Waals surface area contributed by atoms with Crippen LogP contribution in [-0.2, 0) is 14.5 Å². The number of rotatable bonds is 9. The number of ether oxygens (including phenoxy) is 1. The summed E-state index contributed by atoms with van der Waals surface area (Å²) in [6, 6.07) is 0. The lowest BCUT2D eigenvalue weighted by Crippen LogP contribution is -2.38. The van der Waals surface area contributed by atoms with Crippen molar-refractivity contribution in [1.82, 2.24) is 0 Å². The van der Waals surface area contributed by atoms with Crippen LogP contribution in [-0.4, -0.2) is 25.1 Å². The van der Waals surface area contributed by atoms with Crippen LogP contribution < -0.4 is 0 Å². The van der Waals surface area contributed by atoms with E-state index in [0.717, 1.165) is 25.7 Å². The van der Waals surface area contributed by atoms with Crippen LogP contribution in [0.1, 0.15) is 39.0 Å². The molecule has 0 N–H and O–H groups in total. The number of alkyl halides is 2. The lowest BCUT2D eigenvalue weighted by molar-refractivity contribution is -0.294. The Morgan fingerprint density at radius 2 is 1.88 bits per heavy atom. The Morgan fingerprint density at radius 1 is 1.25 bits per heavy atom. The Kier molecular flexibility index (Phi) is 7.97. The van der Waals surface area contributed by atoms with Gasteiger partial charge in [-0.1, -0.05) is 32.6 Å². The van der Waals surface area contributed by atoms with Gasteiger partial charge in [-0.25, -0.2) is 9.18 Å². The van der Waals surface area contributed by atoms with Crippen LogP contribution in [0.15, 0.2) is 0 Å². The smallest absolute Gasteiger partial charge is 0.378 e. The number of esters is 1. The van der Waals surface area contributed by atoms with E-state index in [2.05, 4.69) is 16.6 Å². The molecule has 0 fully saturated rings. The minimum Gasteiger partial charge on any atom is -0.461 e. The van der Waals surface area contributed by atoms with Gasteiger partial charge in [0.25, 0.3) is 0 Å². The number of carbonyl (C=O) groups is 1. The Balaban J connectivity index is 3.64. The first-order valence-corrected chi connectivity index (χ1v) is 5.32. The summed E-state index contributed by atoms with van der Waals surface area (Å²) >= 11 is 0. The molecule has 6 heteroatoms. The third-order valence-electron chi connectivity index (χ3n) is 2.08. The minimum absolute atomic E-state index is 0.0580. The standard InChI is InChI=1S/C10H17F3O3/c1-2-3-4-5-6-7-15-9(14)10(12,8-11)16-13/h2-8H2,1H3. The molecule has 0 amide bonds. The van der Waals surface area contributed by atoms with Crippen molar-refractivity contribution in [2.45, 2.75) is 44.9 Å². The molecule has 0 aromatic carbocycles. The normalized spacial score (nSPS) is 14.5. The van der Waals surface area contributed by atoms with Crippen LogP contribution >= 0.6 is 0 Å². The fourth-order valence-electron chi connectivity index (χ4n) is 1.08. The fourth-order valence-corrected chi connectivity index (χ4v) is 1.08. The predicted octanol–water partition coefficient (Wildman–Crippen LogP) is 3.04. The number of unbranched alkanes of at least 4 members (excludes halogenated alkanes) is 4. The second kappa shape index (κ2) is 8.38. The van der Waals surface area contributed by atoms with Crippen molar-refractivity contribution in [3.05, 3.63) is 0 Å². The zero-order chi connectivity index (χ0) is 12.4. The maximum atomic E-state index is 12.8. The average Bonchev–Trinajstić information content (AvgIpc) is 2.32. The molecule has 0 aromatic heterocycles. The van der Waals surface area contributed by atoms with Crippen LogP contribution in [0.5, 0.6) is 0 Å². The van der Waals surface area contributed by atoms with Crippen molar-refractivity contribution in [2.75, 3.05) is 13.3 Å². The van der Waals surface area contributed by atoms with Gasteiger partial charge in [0.2, 0.25) is 0 Å². The Hall–Kier alpha value is -0.780. The van der Waals surface area contributed by atoms with Gasteiger partial charge in [-0.2, -0.15) is 4.39 Å². The molecule has 0 aliphatic carbocycles. The van der Waals surface area contributed by atoms with Gasteiger partial charge in [0.05, 0.1) is 6.61 Å². The van der Waals surface area contributed by atoms with Crippen molar-refractivity contribution < 1.29 is 27.8 Å². The van der Waals surface area contributed by atoms with E-state index in [0.29, 0.717) is 6.42 Å². The second-order valence-corrected chi connectivity index (χ2v) is 3.49. The zero-order valence-electron chi connectivity index (χ0n) is 9.31. The average molecular weight is 242 g/mol. The molecule has 96 valence electrons. The lowest BCUT2D eigenvalue weighted by atomic mass is 10.2. The van der Waals surface area contributed by atoms with E-state index in [1.54, 1.807) is 0 Å². The van der Waals surface area contributed by atoms with Gasteiger partial charge in [-0.15, -0.1) is 4.94 Å². The van der Waals surface area contributed by atoms with Crippen molar-refractivity contribution in [3.63, 3.8) is 0 Å². The molecule has 1 atom stereocenters. The van der Waals surface area contributed by atoms with E-state index < -0.39 is 18.5 Å². The largest absolute Gasteiger partial charge is 0.461 e. The van der Waals surface area contributed by atoms with Crippen molar-refractivity contribution in [3.8, 4) is 0 Å². The zero-order valence-corrected chi connectivity index (χ0v) is 9.31. The second-order valence-electron chi connectivity index (χ2n) is 3.49. The quantitative estimate of drug-likeness (QED) is 0.460. The molecule has 0 saturated heterocycles. The summed E-state index contributed by atoms with van der Waals surface area (Å²) in [6.45, 7) is 0.0903. The van der Waals surface area contributed by atoms with E-state index >= 15 is 0 Å². The lowest BCUT2D eigenvalue weighted by Gasteiger charge is -2.14. The molecule has 0 heterocycles. The van der Waals surface area contributed by atoms with E-state index in [-0.39, 0.29) is 6.61 Å². The molecule has 0 bridgehead atoms. The summed E-state index contributed by atoms with van der Waals surface area (Å²) in [6.07, 6.45) is 4.49. The predicted molar refractivity (Wildman–Crippen MR) is 51.7 cm³/mol. The highest BCUT2D eigenvalue weighted by Crippen LogP contribution is 2.17. The van der Waals surface area contributed by atoms with Crippen LogP contribution in [0, 0.1) is 0 Å². The first-order valence-electron chi connectivity index (χ1n) is 5.32. The van der Waals surface area contributed by atoms with Gasteiger partial charge in [-0.05, 0) is 10.9 Å². The van der Waals surface area contributed by atoms with E-state index in [1.165, 1.54) is 0 Å². The third kappa shape index (κ3) is 5.34. The van der Waals surface area contributed by atoms with Gasteiger partial charge in [0.1, 0.15) is 0 Å². The van der Waals surface area contributed by atoms with Gasteiger partial charge in [0.15, 0.2) is 6.67 Å². The van der Waals surface area contributed by atoms with Crippen LogP contribution in [0.25, 0.3) is 0 Å². The van der Waals surface area contributed by atoms with Crippen molar-refractivity contribution >= 4 is 5.97 Å². The Bertz CT molecular complexity index is 196. The highest BCUT2D eigenvalue weighted by atomic mass is 19.3. The molecule has 0 spiro atoms. The molecule has 16 heavy (non-hydrogen) atoms. The molecule has 3 nitrogen and oxygen atoms in total. The summed E-state index contributed by atoms with van der Waals surface area (Å²) in [7, 11) is 0. The van der Waals surface area contributed by atoms with Gasteiger partial charge >= 0.3 is 11.8 Å². The molecule has 0 radical (unpaired) electrons. The first-order chi connectivity index (χ1) is 7.60. The molecule has 0 saturated carbocycles. The highest BCUT2D eigenvalue weighted by Gasteiger charge is 2.44. The summed E-state index contributed by atoms with van der Waals surface area (Å²) in [5.41, 5.74) is 0. The van der Waals surface area contributed by atoms with E-state index in [1.807, 2.05) is 0 Å². The molecule has 0 aromatic rings. The molecular formula is C10H17F3O3. The minimum atomic E-state index is -3.61. The van der Waals surface area contributed by atoms with E-state index in [4.69, 9.17) is 0 Å². The number of hydrogen-bond acceptors (Lipinski definition) is 3. The summed E-state index contributed by atoms with van der Waals surface area (Å²) in [5, 5.41) is 0. The Morgan fingerprint density at radius 3 is 2.38 bits per heavy atom. The number of hydrogen-bond donors (Lipinski definition) is 0. The molecule has 1 unspecified atom stereocenters. The molecule has 0 aliphatic heterocycles. The summed E-state index contributed by atoms with van der Waals surface area (Å²) < 4.78 is 40.7. The van der Waals surface area contributed by atoms with Crippen molar-refractivity contribution in [2.24, 2.45) is 0 Å². The van der Waals surface area contributed by atoms with Gasteiger partial charge in [-0.3, -0.25) is 0 Å². The van der Waals surface area contributed by atoms with Crippen LogP contribution in [0.4, 0.5) is 13.3 Å². The Labute approximate surface area is 92.8 Å². The monoisotopic (exact) mass is 242 g/mol. The topological polar surface area (TPSA) is 35.5 Å². The van der Waals surface area contributed by atoms with Crippen LogP contribution in [0.2, 0.25) is 0 Å². The first kappa shape index (κ1) is 15.2. The van der Waals surface area contributed by atoms with Gasteiger partial charge < -0.3 is 4.74 Å². The summed E-state index contributed by atoms with van der Waals surface area (Å²) in [5.74, 6) is -5.27. The number of carbonyl (C=O) groups excluding carboxylic acids is 1.